The average molecular weight is 421 g/mol. The number of benzene rings is 4. The molecule has 32 heavy (non-hydrogen) atoms. The van der Waals surface area contributed by atoms with Crippen molar-refractivity contribution in [2.24, 2.45) is 0 Å². The van der Waals surface area contributed by atoms with Crippen molar-refractivity contribution in [1.29, 1.82) is 0 Å². The highest BCUT2D eigenvalue weighted by Crippen LogP contribution is 2.24. The molecule has 0 aliphatic carbocycles. The van der Waals surface area contributed by atoms with Crippen LogP contribution in [0.3, 0.4) is 0 Å². The number of hydrogen-bond acceptors (Lipinski definition) is 2. The van der Waals surface area contributed by atoms with Crippen LogP contribution in [0.2, 0.25) is 0 Å². The molecule has 0 bridgehead atoms. The summed E-state index contributed by atoms with van der Waals surface area (Å²) in [5.41, 5.74) is 3.26. The Balaban J connectivity index is 1.38. The third-order valence-electron chi connectivity index (χ3n) is 6.39. The van der Waals surface area contributed by atoms with Gasteiger partial charge in [-0.25, -0.2) is 0 Å². The number of likely N-dealkylation sites (tertiary alicyclic amines) is 1. The van der Waals surface area contributed by atoms with Crippen LogP contribution in [0.4, 0.5) is 0 Å². The van der Waals surface area contributed by atoms with Crippen molar-refractivity contribution in [1.82, 2.24) is 9.80 Å². The zero-order chi connectivity index (χ0) is 21.8. The SMILES string of the molecule is O=C(c1ccccc1)N(Cc1ccc2ccccc2c1)[C@@H]1CCN(Cc2ccccc2)C1. The lowest BCUT2D eigenvalue weighted by molar-refractivity contribution is 0.0664. The summed E-state index contributed by atoms with van der Waals surface area (Å²) in [6.45, 7) is 3.47. The standard InChI is InChI=1S/C29H28N2O/c32-29(26-12-5-2-6-13-26)31(21-24-15-16-25-11-7-8-14-27(25)19-24)28-17-18-30(22-28)20-23-9-3-1-4-10-23/h1-16,19,28H,17-18,20-22H2/t28-/m1/s1. The summed E-state index contributed by atoms with van der Waals surface area (Å²) in [7, 11) is 0. The molecule has 4 aromatic carbocycles. The Bertz CT molecular complexity index is 1190. The number of hydrogen-bond donors (Lipinski definition) is 0. The number of carbonyl (C=O) groups is 1. The van der Waals surface area contributed by atoms with Crippen LogP contribution in [0.25, 0.3) is 10.8 Å². The van der Waals surface area contributed by atoms with Gasteiger partial charge in [0.05, 0.1) is 0 Å². The van der Waals surface area contributed by atoms with E-state index in [1.54, 1.807) is 0 Å². The molecule has 1 atom stereocenters. The monoisotopic (exact) mass is 420 g/mol. The van der Waals surface area contributed by atoms with Gasteiger partial charge in [-0.3, -0.25) is 9.69 Å². The van der Waals surface area contributed by atoms with Crippen molar-refractivity contribution in [2.75, 3.05) is 13.1 Å². The van der Waals surface area contributed by atoms with Gasteiger partial charge in [-0.05, 0) is 46.5 Å². The van der Waals surface area contributed by atoms with E-state index in [2.05, 4.69) is 82.6 Å². The third kappa shape index (κ3) is 4.58. The molecule has 1 aliphatic heterocycles. The zero-order valence-electron chi connectivity index (χ0n) is 18.2. The van der Waals surface area contributed by atoms with E-state index >= 15 is 0 Å². The Labute approximate surface area is 189 Å². The molecule has 3 heteroatoms. The largest absolute Gasteiger partial charge is 0.330 e. The van der Waals surface area contributed by atoms with Gasteiger partial charge in [0.25, 0.3) is 5.91 Å². The number of rotatable bonds is 6. The summed E-state index contributed by atoms with van der Waals surface area (Å²) in [5, 5.41) is 2.45. The van der Waals surface area contributed by atoms with Crippen LogP contribution in [0, 0.1) is 0 Å². The molecule has 3 nitrogen and oxygen atoms in total. The molecule has 5 rings (SSSR count). The van der Waals surface area contributed by atoms with Crippen molar-refractivity contribution >= 4 is 16.7 Å². The summed E-state index contributed by atoms with van der Waals surface area (Å²) in [6, 6.07) is 35.4. The Morgan fingerprint density at radius 1 is 0.781 bits per heavy atom. The van der Waals surface area contributed by atoms with E-state index < -0.39 is 0 Å². The molecule has 1 fully saturated rings. The van der Waals surface area contributed by atoms with E-state index in [9.17, 15) is 4.79 Å². The summed E-state index contributed by atoms with van der Waals surface area (Å²) < 4.78 is 0. The van der Waals surface area contributed by atoms with Gasteiger partial charge in [0.15, 0.2) is 0 Å². The summed E-state index contributed by atoms with van der Waals surface area (Å²) in [4.78, 5) is 18.1. The van der Waals surface area contributed by atoms with Gasteiger partial charge in [-0.1, -0.05) is 84.9 Å². The van der Waals surface area contributed by atoms with Gasteiger partial charge >= 0.3 is 0 Å². The van der Waals surface area contributed by atoms with E-state index in [1.165, 1.54) is 21.9 Å². The average Bonchev–Trinajstić information content (AvgIpc) is 3.31. The molecule has 1 saturated heterocycles. The van der Waals surface area contributed by atoms with E-state index in [1.807, 2.05) is 30.3 Å². The quantitative estimate of drug-likeness (QED) is 0.396. The molecule has 0 aromatic heterocycles. The van der Waals surface area contributed by atoms with Gasteiger partial charge in [-0.2, -0.15) is 0 Å². The van der Waals surface area contributed by atoms with Crippen LogP contribution in [0.15, 0.2) is 103 Å². The summed E-state index contributed by atoms with van der Waals surface area (Å²) >= 11 is 0. The second-order valence-corrected chi connectivity index (χ2v) is 8.64. The van der Waals surface area contributed by atoms with Crippen LogP contribution in [-0.2, 0) is 13.1 Å². The molecular formula is C29H28N2O. The van der Waals surface area contributed by atoms with Gasteiger partial charge in [0, 0.05) is 37.8 Å². The summed E-state index contributed by atoms with van der Waals surface area (Å²) in [6.07, 6.45) is 0.999. The van der Waals surface area contributed by atoms with Gasteiger partial charge < -0.3 is 4.90 Å². The minimum Gasteiger partial charge on any atom is -0.330 e. The topological polar surface area (TPSA) is 23.6 Å². The first-order valence-electron chi connectivity index (χ1n) is 11.4. The number of amides is 1. The van der Waals surface area contributed by atoms with Crippen molar-refractivity contribution in [3.63, 3.8) is 0 Å². The molecule has 0 unspecified atom stereocenters. The van der Waals surface area contributed by atoms with Crippen LogP contribution in [0.5, 0.6) is 0 Å². The molecule has 160 valence electrons. The predicted molar refractivity (Wildman–Crippen MR) is 130 cm³/mol. The Kier molecular flexibility index (Phi) is 6.00. The lowest BCUT2D eigenvalue weighted by atomic mass is 10.0. The lowest BCUT2D eigenvalue weighted by Crippen LogP contribution is -2.41. The fraction of sp³-hybridized carbons (Fsp3) is 0.207. The maximum atomic E-state index is 13.6. The van der Waals surface area contributed by atoms with E-state index in [-0.39, 0.29) is 11.9 Å². The van der Waals surface area contributed by atoms with E-state index in [0.717, 1.165) is 31.6 Å². The van der Waals surface area contributed by atoms with Crippen LogP contribution in [-0.4, -0.2) is 34.8 Å². The van der Waals surface area contributed by atoms with Crippen LogP contribution < -0.4 is 0 Å². The fourth-order valence-electron chi connectivity index (χ4n) is 4.70. The van der Waals surface area contributed by atoms with Gasteiger partial charge in [-0.15, -0.1) is 0 Å². The molecule has 0 radical (unpaired) electrons. The van der Waals surface area contributed by atoms with Crippen molar-refractivity contribution < 1.29 is 4.79 Å². The predicted octanol–water partition coefficient (Wildman–Crippen LogP) is 5.76. The number of carbonyl (C=O) groups excluding carboxylic acids is 1. The number of nitrogens with zero attached hydrogens (tertiary/aromatic N) is 2. The normalized spacial score (nSPS) is 16.3. The lowest BCUT2D eigenvalue weighted by Gasteiger charge is -2.30. The zero-order valence-corrected chi connectivity index (χ0v) is 18.2. The molecule has 0 saturated carbocycles. The second kappa shape index (κ2) is 9.37. The summed E-state index contributed by atoms with van der Waals surface area (Å²) in [5.74, 6) is 0.116. The minimum atomic E-state index is 0.116. The highest BCUT2D eigenvalue weighted by molar-refractivity contribution is 5.94. The van der Waals surface area contributed by atoms with Crippen molar-refractivity contribution in [3.05, 3.63) is 120 Å². The molecule has 4 aromatic rings. The first-order valence-corrected chi connectivity index (χ1v) is 11.4. The van der Waals surface area contributed by atoms with E-state index in [4.69, 9.17) is 0 Å². The first-order chi connectivity index (χ1) is 15.8. The van der Waals surface area contributed by atoms with Crippen molar-refractivity contribution in [2.45, 2.75) is 25.6 Å². The molecule has 0 spiro atoms. The molecule has 1 heterocycles. The van der Waals surface area contributed by atoms with Crippen LogP contribution >= 0.6 is 0 Å². The third-order valence-corrected chi connectivity index (χ3v) is 6.39. The van der Waals surface area contributed by atoms with Gasteiger partial charge in [0.2, 0.25) is 0 Å². The van der Waals surface area contributed by atoms with Gasteiger partial charge in [0.1, 0.15) is 0 Å². The molecule has 1 aliphatic rings. The van der Waals surface area contributed by atoms with Crippen molar-refractivity contribution in [3.8, 4) is 0 Å². The van der Waals surface area contributed by atoms with Crippen LogP contribution in [0.1, 0.15) is 27.9 Å². The molecular weight excluding hydrogens is 392 g/mol. The first kappa shape index (κ1) is 20.5. The fourth-order valence-corrected chi connectivity index (χ4v) is 4.70. The highest BCUT2D eigenvalue weighted by atomic mass is 16.2. The Hall–Kier alpha value is -3.43. The second-order valence-electron chi connectivity index (χ2n) is 8.64. The minimum absolute atomic E-state index is 0.116. The smallest absolute Gasteiger partial charge is 0.254 e. The van der Waals surface area contributed by atoms with E-state index in [0.29, 0.717) is 6.54 Å². The maximum absolute atomic E-state index is 13.6. The molecule has 1 amide bonds. The molecule has 0 N–H and O–H groups in total. The highest BCUT2D eigenvalue weighted by Gasteiger charge is 2.31. The Morgan fingerprint density at radius 3 is 2.25 bits per heavy atom. The maximum Gasteiger partial charge on any atom is 0.254 e. The number of fused-ring (bicyclic) bond motifs is 1. The Morgan fingerprint density at radius 2 is 1.47 bits per heavy atom.